The highest BCUT2D eigenvalue weighted by atomic mass is 19.4. The van der Waals surface area contributed by atoms with Gasteiger partial charge >= 0.3 is 6.18 Å². The summed E-state index contributed by atoms with van der Waals surface area (Å²) in [5.74, 6) is 0. The summed E-state index contributed by atoms with van der Waals surface area (Å²) in [5, 5.41) is 0. The fourth-order valence-electron chi connectivity index (χ4n) is 2.70. The molecule has 0 saturated carbocycles. The van der Waals surface area contributed by atoms with E-state index in [0.717, 1.165) is 5.56 Å². The summed E-state index contributed by atoms with van der Waals surface area (Å²) in [7, 11) is 0. The first kappa shape index (κ1) is 14.6. The topological polar surface area (TPSA) is 0 Å². The lowest BCUT2D eigenvalue weighted by Gasteiger charge is -2.24. The lowest BCUT2D eigenvalue weighted by Crippen LogP contribution is -2.17. The molecule has 0 nitrogen and oxygen atoms in total. The molecule has 1 aliphatic carbocycles. The molecule has 0 unspecified atom stereocenters. The fourth-order valence-corrected chi connectivity index (χ4v) is 2.70. The summed E-state index contributed by atoms with van der Waals surface area (Å²) in [6.45, 7) is 0. The summed E-state index contributed by atoms with van der Waals surface area (Å²) in [6, 6.07) is 18.0. The summed E-state index contributed by atoms with van der Waals surface area (Å²) in [6.07, 6.45) is -0.962. The van der Waals surface area contributed by atoms with Gasteiger partial charge in [-0.25, -0.2) is 0 Å². The second-order valence-corrected chi connectivity index (χ2v) is 5.08. The second-order valence-electron chi connectivity index (χ2n) is 5.08. The van der Waals surface area contributed by atoms with Crippen LogP contribution in [0.25, 0.3) is 11.1 Å². The van der Waals surface area contributed by atoms with Gasteiger partial charge in [-0.15, -0.1) is 0 Å². The van der Waals surface area contributed by atoms with Gasteiger partial charge in [-0.05, 0) is 28.7 Å². The zero-order valence-corrected chi connectivity index (χ0v) is 11.8. The maximum absolute atomic E-state index is 13.4. The van der Waals surface area contributed by atoms with Gasteiger partial charge in [-0.3, -0.25) is 0 Å². The van der Waals surface area contributed by atoms with E-state index in [1.807, 2.05) is 36.4 Å². The van der Waals surface area contributed by atoms with Crippen LogP contribution in [0.2, 0.25) is 0 Å². The zero-order valence-electron chi connectivity index (χ0n) is 11.8. The van der Waals surface area contributed by atoms with Crippen LogP contribution in [0, 0.1) is 6.42 Å². The summed E-state index contributed by atoms with van der Waals surface area (Å²) < 4.78 is 40.3. The maximum Gasteiger partial charge on any atom is 0.413 e. The van der Waals surface area contributed by atoms with E-state index in [2.05, 4.69) is 0 Å². The molecule has 2 aromatic carbocycles. The lowest BCUT2D eigenvalue weighted by atomic mass is 9.83. The Labute approximate surface area is 127 Å². The summed E-state index contributed by atoms with van der Waals surface area (Å²) in [4.78, 5) is 0. The molecule has 0 N–H and O–H groups in total. The highest BCUT2D eigenvalue weighted by molar-refractivity contribution is 6.07. The molecule has 0 saturated heterocycles. The predicted molar refractivity (Wildman–Crippen MR) is 82.8 cm³/mol. The average molecular weight is 299 g/mol. The highest BCUT2D eigenvalue weighted by Crippen LogP contribution is 2.44. The molecule has 0 heterocycles. The van der Waals surface area contributed by atoms with Gasteiger partial charge in [0.25, 0.3) is 0 Å². The molecule has 1 aliphatic rings. The Hall–Kier alpha value is -2.29. The molecule has 3 rings (SSSR count). The van der Waals surface area contributed by atoms with Crippen LogP contribution in [0.1, 0.15) is 17.5 Å². The van der Waals surface area contributed by atoms with Gasteiger partial charge in [0.15, 0.2) is 0 Å². The van der Waals surface area contributed by atoms with Gasteiger partial charge in [0.1, 0.15) is 0 Å². The van der Waals surface area contributed by atoms with E-state index in [1.165, 1.54) is 6.42 Å². The van der Waals surface area contributed by atoms with Crippen molar-refractivity contribution >= 4 is 11.1 Å². The van der Waals surface area contributed by atoms with E-state index in [-0.39, 0.29) is 12.0 Å². The van der Waals surface area contributed by atoms with Crippen molar-refractivity contribution in [1.29, 1.82) is 0 Å². The lowest BCUT2D eigenvalue weighted by molar-refractivity contribution is -0.0893. The molecule has 0 aromatic heterocycles. The number of hydrogen-bond donors (Lipinski definition) is 0. The van der Waals surface area contributed by atoms with Gasteiger partial charge < -0.3 is 0 Å². The molecular formula is C19H14F3. The van der Waals surface area contributed by atoms with Crippen molar-refractivity contribution in [1.82, 2.24) is 0 Å². The number of rotatable bonds is 2. The molecule has 0 fully saturated rings. The first-order valence-electron chi connectivity index (χ1n) is 7.03. The Kier molecular flexibility index (Phi) is 3.88. The first-order chi connectivity index (χ1) is 10.6. The normalized spacial score (nSPS) is 15.7. The third-order valence-electron chi connectivity index (χ3n) is 3.64. The van der Waals surface area contributed by atoms with E-state index in [0.29, 0.717) is 11.1 Å². The van der Waals surface area contributed by atoms with E-state index in [4.69, 9.17) is 0 Å². The quantitative estimate of drug-likeness (QED) is 0.668. The SMILES string of the molecule is FC(F)(F)C1=C(c2ccccc2)C(c2ccccc2)=CC[CH]1. The average Bonchev–Trinajstić information content (AvgIpc) is 2.55. The van der Waals surface area contributed by atoms with Crippen LogP contribution in [-0.2, 0) is 0 Å². The third-order valence-corrected chi connectivity index (χ3v) is 3.64. The van der Waals surface area contributed by atoms with Crippen molar-refractivity contribution in [3.8, 4) is 0 Å². The van der Waals surface area contributed by atoms with Crippen LogP contribution in [-0.4, -0.2) is 6.18 Å². The second kappa shape index (κ2) is 5.84. The molecule has 0 aliphatic heterocycles. The minimum Gasteiger partial charge on any atom is -0.166 e. The molecular weight excluding hydrogens is 285 g/mol. The minimum absolute atomic E-state index is 0.255. The monoisotopic (exact) mass is 299 g/mol. The van der Waals surface area contributed by atoms with Gasteiger partial charge in [0, 0.05) is 12.0 Å². The van der Waals surface area contributed by atoms with Gasteiger partial charge in [0.2, 0.25) is 0 Å². The number of allylic oxidation sites excluding steroid dienone is 4. The third kappa shape index (κ3) is 2.84. The Morgan fingerprint density at radius 3 is 1.82 bits per heavy atom. The summed E-state index contributed by atoms with van der Waals surface area (Å²) >= 11 is 0. The van der Waals surface area contributed by atoms with Crippen LogP contribution >= 0.6 is 0 Å². The molecule has 0 amide bonds. The van der Waals surface area contributed by atoms with Crippen molar-refractivity contribution in [2.75, 3.05) is 0 Å². The summed E-state index contributed by atoms with van der Waals surface area (Å²) in [5.41, 5.74) is 1.73. The van der Waals surface area contributed by atoms with E-state index < -0.39 is 11.7 Å². The Morgan fingerprint density at radius 1 is 0.727 bits per heavy atom. The van der Waals surface area contributed by atoms with Crippen LogP contribution in [0.5, 0.6) is 0 Å². The van der Waals surface area contributed by atoms with Crippen molar-refractivity contribution < 1.29 is 13.2 Å². The van der Waals surface area contributed by atoms with Crippen molar-refractivity contribution in [2.45, 2.75) is 12.6 Å². The molecule has 111 valence electrons. The molecule has 0 atom stereocenters. The first-order valence-corrected chi connectivity index (χ1v) is 7.03. The van der Waals surface area contributed by atoms with Crippen LogP contribution in [0.4, 0.5) is 13.2 Å². The fraction of sp³-hybridized carbons (Fsp3) is 0.105. The van der Waals surface area contributed by atoms with Gasteiger partial charge in [0.05, 0.1) is 0 Å². The molecule has 3 heteroatoms. The maximum atomic E-state index is 13.4. The van der Waals surface area contributed by atoms with E-state index in [9.17, 15) is 13.2 Å². The predicted octanol–water partition coefficient (Wildman–Crippen LogP) is 5.69. The molecule has 0 bridgehead atoms. The van der Waals surface area contributed by atoms with E-state index in [1.54, 1.807) is 30.3 Å². The number of benzene rings is 2. The van der Waals surface area contributed by atoms with Crippen LogP contribution in [0.15, 0.2) is 72.3 Å². The number of alkyl halides is 3. The molecule has 1 radical (unpaired) electrons. The Morgan fingerprint density at radius 2 is 1.27 bits per heavy atom. The van der Waals surface area contributed by atoms with Crippen molar-refractivity contribution in [2.24, 2.45) is 0 Å². The number of halogens is 3. The van der Waals surface area contributed by atoms with E-state index >= 15 is 0 Å². The smallest absolute Gasteiger partial charge is 0.166 e. The Balaban J connectivity index is 2.22. The minimum atomic E-state index is -4.36. The number of hydrogen-bond acceptors (Lipinski definition) is 0. The van der Waals surface area contributed by atoms with Gasteiger partial charge in [-0.2, -0.15) is 13.2 Å². The largest absolute Gasteiger partial charge is 0.413 e. The standard InChI is InChI=1S/C19H14F3/c20-19(21,22)17-13-7-12-16(14-8-3-1-4-9-14)18(17)15-10-5-2-6-11-15/h1-6,8-13H,7H2. The van der Waals surface area contributed by atoms with Crippen molar-refractivity contribution in [3.05, 3.63) is 89.9 Å². The molecule has 22 heavy (non-hydrogen) atoms. The molecule has 2 aromatic rings. The highest BCUT2D eigenvalue weighted by Gasteiger charge is 2.38. The van der Waals surface area contributed by atoms with Crippen LogP contribution < -0.4 is 0 Å². The Bertz CT molecular complexity index is 707. The zero-order chi connectivity index (χ0) is 15.6. The van der Waals surface area contributed by atoms with Crippen molar-refractivity contribution in [3.63, 3.8) is 0 Å². The molecule has 0 spiro atoms. The van der Waals surface area contributed by atoms with Crippen LogP contribution in [0.3, 0.4) is 0 Å². The van der Waals surface area contributed by atoms with Gasteiger partial charge in [-0.1, -0.05) is 66.7 Å².